The van der Waals surface area contributed by atoms with Crippen LogP contribution in [0.5, 0.6) is 0 Å². The van der Waals surface area contributed by atoms with E-state index < -0.39 is 6.09 Å². The molecule has 1 rings (SSSR count). The van der Waals surface area contributed by atoms with Gasteiger partial charge in [-0.25, -0.2) is 4.79 Å². The molecule has 0 aliphatic carbocycles. The van der Waals surface area contributed by atoms with Gasteiger partial charge in [0.2, 0.25) is 5.91 Å². The van der Waals surface area contributed by atoms with Crippen LogP contribution in [0, 0.1) is 5.92 Å². The Bertz CT molecular complexity index is 222. The SMILES string of the molecule is CC(=O)NCC1CCN(C(=O)O)CC1. The molecule has 14 heavy (non-hydrogen) atoms. The molecule has 1 aliphatic heterocycles. The zero-order valence-corrected chi connectivity index (χ0v) is 8.32. The van der Waals surface area contributed by atoms with Crippen molar-refractivity contribution in [2.24, 2.45) is 5.92 Å². The lowest BCUT2D eigenvalue weighted by Gasteiger charge is -2.29. The molecule has 2 N–H and O–H groups in total. The fraction of sp³-hybridized carbons (Fsp3) is 0.778. The molecular weight excluding hydrogens is 184 g/mol. The second-order valence-corrected chi connectivity index (χ2v) is 3.65. The fourth-order valence-corrected chi connectivity index (χ4v) is 1.62. The van der Waals surface area contributed by atoms with Gasteiger partial charge in [0.05, 0.1) is 0 Å². The van der Waals surface area contributed by atoms with Crippen LogP contribution < -0.4 is 5.32 Å². The first-order valence-corrected chi connectivity index (χ1v) is 4.82. The molecule has 0 bridgehead atoms. The Morgan fingerprint density at radius 3 is 2.43 bits per heavy atom. The molecule has 0 radical (unpaired) electrons. The van der Waals surface area contributed by atoms with Gasteiger partial charge in [0, 0.05) is 26.6 Å². The molecule has 0 spiro atoms. The maximum absolute atomic E-state index is 10.6. The lowest BCUT2D eigenvalue weighted by Crippen LogP contribution is -2.40. The first kappa shape index (κ1) is 10.8. The van der Waals surface area contributed by atoms with Gasteiger partial charge < -0.3 is 15.3 Å². The number of carbonyl (C=O) groups excluding carboxylic acids is 1. The second kappa shape index (κ2) is 4.83. The Labute approximate surface area is 83.1 Å². The normalized spacial score (nSPS) is 17.9. The van der Waals surface area contributed by atoms with Gasteiger partial charge in [-0.05, 0) is 18.8 Å². The molecule has 0 aromatic rings. The van der Waals surface area contributed by atoms with Crippen LogP contribution in [0.4, 0.5) is 4.79 Å². The maximum atomic E-state index is 10.6. The minimum Gasteiger partial charge on any atom is -0.465 e. The van der Waals surface area contributed by atoms with Crippen molar-refractivity contribution in [3.63, 3.8) is 0 Å². The number of rotatable bonds is 2. The summed E-state index contributed by atoms with van der Waals surface area (Å²) >= 11 is 0. The molecule has 5 nitrogen and oxygen atoms in total. The molecular formula is C9H16N2O3. The van der Waals surface area contributed by atoms with Crippen LogP contribution in [-0.2, 0) is 4.79 Å². The van der Waals surface area contributed by atoms with E-state index in [0.29, 0.717) is 25.6 Å². The van der Waals surface area contributed by atoms with E-state index in [0.717, 1.165) is 12.8 Å². The molecule has 80 valence electrons. The van der Waals surface area contributed by atoms with Gasteiger partial charge >= 0.3 is 6.09 Å². The van der Waals surface area contributed by atoms with Gasteiger partial charge in [-0.3, -0.25) is 4.79 Å². The summed E-state index contributed by atoms with van der Waals surface area (Å²) in [4.78, 5) is 22.6. The largest absolute Gasteiger partial charge is 0.465 e. The molecule has 1 saturated heterocycles. The van der Waals surface area contributed by atoms with E-state index in [2.05, 4.69) is 5.32 Å². The predicted octanol–water partition coefficient (Wildman–Crippen LogP) is 0.512. The highest BCUT2D eigenvalue weighted by Crippen LogP contribution is 2.16. The molecule has 2 amide bonds. The van der Waals surface area contributed by atoms with Crippen LogP contribution in [0.1, 0.15) is 19.8 Å². The number of amides is 2. The number of hydrogen-bond acceptors (Lipinski definition) is 2. The van der Waals surface area contributed by atoms with Gasteiger partial charge in [-0.15, -0.1) is 0 Å². The van der Waals surface area contributed by atoms with Crippen LogP contribution in [-0.4, -0.2) is 41.6 Å². The highest BCUT2D eigenvalue weighted by Gasteiger charge is 2.21. The smallest absolute Gasteiger partial charge is 0.407 e. The summed E-state index contributed by atoms with van der Waals surface area (Å²) in [6.45, 7) is 3.33. The number of hydrogen-bond donors (Lipinski definition) is 2. The van der Waals surface area contributed by atoms with Crippen LogP contribution in [0.15, 0.2) is 0 Å². The molecule has 0 aromatic carbocycles. The molecule has 0 unspecified atom stereocenters. The summed E-state index contributed by atoms with van der Waals surface area (Å²) in [5.41, 5.74) is 0. The first-order valence-electron chi connectivity index (χ1n) is 4.82. The third kappa shape index (κ3) is 3.24. The Morgan fingerprint density at radius 2 is 2.00 bits per heavy atom. The number of likely N-dealkylation sites (tertiary alicyclic amines) is 1. The zero-order chi connectivity index (χ0) is 10.6. The van der Waals surface area contributed by atoms with Crippen molar-refractivity contribution >= 4 is 12.0 Å². The summed E-state index contributed by atoms with van der Waals surface area (Å²) in [6, 6.07) is 0. The average molecular weight is 200 g/mol. The van der Waals surface area contributed by atoms with Crippen molar-refractivity contribution in [2.45, 2.75) is 19.8 Å². The van der Waals surface area contributed by atoms with Gasteiger partial charge in [-0.2, -0.15) is 0 Å². The van der Waals surface area contributed by atoms with E-state index in [1.54, 1.807) is 0 Å². The topological polar surface area (TPSA) is 69.6 Å². The monoisotopic (exact) mass is 200 g/mol. The lowest BCUT2D eigenvalue weighted by atomic mass is 9.97. The zero-order valence-electron chi connectivity index (χ0n) is 8.32. The van der Waals surface area contributed by atoms with Crippen molar-refractivity contribution in [1.29, 1.82) is 0 Å². The Hall–Kier alpha value is -1.26. The van der Waals surface area contributed by atoms with Crippen molar-refractivity contribution in [3.8, 4) is 0 Å². The van der Waals surface area contributed by atoms with Gasteiger partial charge in [-0.1, -0.05) is 0 Å². The quantitative estimate of drug-likeness (QED) is 0.682. The van der Waals surface area contributed by atoms with Crippen molar-refractivity contribution in [1.82, 2.24) is 10.2 Å². The molecule has 1 fully saturated rings. The maximum Gasteiger partial charge on any atom is 0.407 e. The van der Waals surface area contributed by atoms with E-state index in [4.69, 9.17) is 5.11 Å². The van der Waals surface area contributed by atoms with Gasteiger partial charge in [0.25, 0.3) is 0 Å². The predicted molar refractivity (Wildman–Crippen MR) is 51.0 cm³/mol. The van der Waals surface area contributed by atoms with Gasteiger partial charge in [0.1, 0.15) is 0 Å². The molecule has 5 heteroatoms. The third-order valence-corrected chi connectivity index (χ3v) is 2.52. The molecule has 0 aromatic heterocycles. The van der Waals surface area contributed by atoms with E-state index in [9.17, 15) is 9.59 Å². The number of carbonyl (C=O) groups is 2. The van der Waals surface area contributed by atoms with E-state index in [1.165, 1.54) is 11.8 Å². The summed E-state index contributed by atoms with van der Waals surface area (Å²) < 4.78 is 0. The van der Waals surface area contributed by atoms with Gasteiger partial charge in [0.15, 0.2) is 0 Å². The molecule has 0 saturated carbocycles. The van der Waals surface area contributed by atoms with Crippen molar-refractivity contribution in [2.75, 3.05) is 19.6 Å². The minimum absolute atomic E-state index is 0.0225. The lowest BCUT2D eigenvalue weighted by molar-refractivity contribution is -0.119. The van der Waals surface area contributed by atoms with E-state index in [1.807, 2.05) is 0 Å². The number of nitrogens with zero attached hydrogens (tertiary/aromatic N) is 1. The van der Waals surface area contributed by atoms with Crippen LogP contribution >= 0.6 is 0 Å². The van der Waals surface area contributed by atoms with Crippen molar-refractivity contribution in [3.05, 3.63) is 0 Å². The molecule has 1 heterocycles. The van der Waals surface area contributed by atoms with Crippen LogP contribution in [0.3, 0.4) is 0 Å². The summed E-state index contributed by atoms with van der Waals surface area (Å²) in [6.07, 6.45) is 0.835. The van der Waals surface area contributed by atoms with Crippen LogP contribution in [0.25, 0.3) is 0 Å². The minimum atomic E-state index is -0.844. The highest BCUT2D eigenvalue weighted by atomic mass is 16.4. The second-order valence-electron chi connectivity index (χ2n) is 3.65. The summed E-state index contributed by atoms with van der Waals surface area (Å²) in [7, 11) is 0. The Kier molecular flexibility index (Phi) is 3.73. The highest BCUT2D eigenvalue weighted by molar-refractivity contribution is 5.72. The average Bonchev–Trinajstić information content (AvgIpc) is 2.15. The fourth-order valence-electron chi connectivity index (χ4n) is 1.62. The Balaban J connectivity index is 2.22. The first-order chi connectivity index (χ1) is 6.59. The number of nitrogens with one attached hydrogen (secondary N) is 1. The van der Waals surface area contributed by atoms with E-state index in [-0.39, 0.29) is 5.91 Å². The summed E-state index contributed by atoms with van der Waals surface area (Å²) in [5, 5.41) is 11.5. The molecule has 1 aliphatic rings. The third-order valence-electron chi connectivity index (χ3n) is 2.52. The molecule has 0 atom stereocenters. The van der Waals surface area contributed by atoms with Crippen LogP contribution in [0.2, 0.25) is 0 Å². The van der Waals surface area contributed by atoms with E-state index >= 15 is 0 Å². The van der Waals surface area contributed by atoms with Crippen molar-refractivity contribution < 1.29 is 14.7 Å². The number of carboxylic acid groups (broad SMARTS) is 1. The standard InChI is InChI=1S/C9H16N2O3/c1-7(12)10-6-8-2-4-11(5-3-8)9(13)14/h8H,2-6H2,1H3,(H,10,12)(H,13,14). The Morgan fingerprint density at radius 1 is 1.43 bits per heavy atom. The number of piperidine rings is 1. The summed E-state index contributed by atoms with van der Waals surface area (Å²) in [5.74, 6) is 0.403.